The van der Waals surface area contributed by atoms with Crippen LogP contribution < -0.4 is 10.9 Å². The number of nitrogens with zero attached hydrogens (tertiary/aromatic N) is 2. The molecule has 7 heteroatoms. The maximum atomic E-state index is 12.7. The minimum atomic E-state index is -0.0570. The fourth-order valence-electron chi connectivity index (χ4n) is 3.24. The van der Waals surface area contributed by atoms with E-state index in [2.05, 4.69) is 45.6 Å². The molecule has 0 amide bonds. The van der Waals surface area contributed by atoms with Gasteiger partial charge in [-0.15, -0.1) is 11.3 Å². The Hall–Kier alpha value is -2.22. The minimum absolute atomic E-state index is 0.0570. The Kier molecular flexibility index (Phi) is 7.41. The molecule has 154 valence electrons. The maximum Gasteiger partial charge on any atom is 0.253 e. The van der Waals surface area contributed by atoms with Gasteiger partial charge in [0.25, 0.3) is 5.56 Å². The molecule has 5 nitrogen and oxygen atoms in total. The van der Waals surface area contributed by atoms with E-state index in [-0.39, 0.29) is 5.56 Å². The molecule has 0 aliphatic heterocycles. The van der Waals surface area contributed by atoms with Crippen molar-refractivity contribution < 1.29 is 0 Å². The Morgan fingerprint density at radius 2 is 2.03 bits per heavy atom. The van der Waals surface area contributed by atoms with Crippen molar-refractivity contribution in [1.82, 2.24) is 20.1 Å². The fourth-order valence-corrected chi connectivity index (χ4v) is 4.19. The van der Waals surface area contributed by atoms with Gasteiger partial charge in [0.1, 0.15) is 0 Å². The smallest absolute Gasteiger partial charge is 0.253 e. The zero-order valence-corrected chi connectivity index (χ0v) is 18.8. The number of aromatic nitrogens is 1. The molecule has 0 saturated heterocycles. The predicted molar refractivity (Wildman–Crippen MR) is 127 cm³/mol. The Balaban J connectivity index is 1.79. The molecule has 0 fully saturated rings. The number of hydrogen-bond donors (Lipinski definition) is 2. The van der Waals surface area contributed by atoms with Crippen LogP contribution in [0.5, 0.6) is 0 Å². The van der Waals surface area contributed by atoms with Crippen LogP contribution in [0.1, 0.15) is 22.4 Å². The zero-order chi connectivity index (χ0) is 20.8. The van der Waals surface area contributed by atoms with Crippen LogP contribution in [-0.2, 0) is 13.1 Å². The highest BCUT2D eigenvalue weighted by atomic mass is 32.1. The molecule has 1 aromatic carbocycles. The van der Waals surface area contributed by atoms with Gasteiger partial charge in [-0.1, -0.05) is 24.3 Å². The van der Waals surface area contributed by atoms with E-state index >= 15 is 0 Å². The molecule has 0 aliphatic carbocycles. The zero-order valence-electron chi connectivity index (χ0n) is 17.2. The van der Waals surface area contributed by atoms with Crippen LogP contribution in [0, 0.1) is 6.92 Å². The summed E-state index contributed by atoms with van der Waals surface area (Å²) in [7, 11) is 4.13. The first-order chi connectivity index (χ1) is 13.9. The number of aryl methyl sites for hydroxylation is 1. The number of para-hydroxylation sites is 1. The number of nitrogens with one attached hydrogen (secondary N) is 2. The Morgan fingerprint density at radius 3 is 2.76 bits per heavy atom. The van der Waals surface area contributed by atoms with Crippen LogP contribution in [0.15, 0.2) is 46.6 Å². The third kappa shape index (κ3) is 5.88. The topological polar surface area (TPSA) is 51.4 Å². The molecular weight excluding hydrogens is 400 g/mol. The largest absolute Gasteiger partial charge is 0.363 e. The molecule has 0 atom stereocenters. The van der Waals surface area contributed by atoms with E-state index in [4.69, 9.17) is 12.2 Å². The lowest BCUT2D eigenvalue weighted by Crippen LogP contribution is -2.40. The van der Waals surface area contributed by atoms with E-state index in [0.29, 0.717) is 18.2 Å². The second kappa shape index (κ2) is 10.0. The number of aromatic amines is 1. The van der Waals surface area contributed by atoms with Gasteiger partial charge in [0.05, 0.1) is 18.6 Å². The molecule has 0 aliphatic rings. The molecular formula is C22H28N4OS2. The van der Waals surface area contributed by atoms with Crippen LogP contribution in [0.3, 0.4) is 0 Å². The highest BCUT2D eigenvalue weighted by Gasteiger charge is 2.15. The third-order valence-corrected chi connectivity index (χ3v) is 6.06. The number of benzene rings is 1. The summed E-state index contributed by atoms with van der Waals surface area (Å²) in [6.45, 7) is 4.97. The number of pyridine rings is 1. The van der Waals surface area contributed by atoms with Gasteiger partial charge in [0.15, 0.2) is 5.11 Å². The van der Waals surface area contributed by atoms with Gasteiger partial charge in [0.2, 0.25) is 0 Å². The van der Waals surface area contributed by atoms with E-state index in [0.717, 1.165) is 41.5 Å². The average molecular weight is 429 g/mol. The highest BCUT2D eigenvalue weighted by Crippen LogP contribution is 2.18. The van der Waals surface area contributed by atoms with Gasteiger partial charge >= 0.3 is 0 Å². The van der Waals surface area contributed by atoms with E-state index < -0.39 is 0 Å². The van der Waals surface area contributed by atoms with E-state index in [1.807, 2.05) is 37.3 Å². The van der Waals surface area contributed by atoms with Crippen LogP contribution in [0.25, 0.3) is 10.9 Å². The van der Waals surface area contributed by atoms with Crippen molar-refractivity contribution in [3.63, 3.8) is 0 Å². The monoisotopic (exact) mass is 428 g/mol. The first-order valence-electron chi connectivity index (χ1n) is 9.75. The molecule has 0 saturated carbocycles. The summed E-state index contributed by atoms with van der Waals surface area (Å²) < 4.78 is 0. The van der Waals surface area contributed by atoms with Crippen LogP contribution in [0.2, 0.25) is 0 Å². The van der Waals surface area contributed by atoms with E-state index in [1.54, 1.807) is 11.3 Å². The summed E-state index contributed by atoms with van der Waals surface area (Å²) in [4.78, 5) is 21.2. The average Bonchev–Trinajstić information content (AvgIpc) is 3.19. The lowest BCUT2D eigenvalue weighted by Gasteiger charge is -2.25. The molecule has 29 heavy (non-hydrogen) atoms. The molecule has 0 spiro atoms. The van der Waals surface area contributed by atoms with Crippen molar-refractivity contribution in [2.24, 2.45) is 0 Å². The lowest BCUT2D eigenvalue weighted by atomic mass is 10.1. The van der Waals surface area contributed by atoms with Crippen LogP contribution >= 0.6 is 23.6 Å². The van der Waals surface area contributed by atoms with Crippen molar-refractivity contribution >= 4 is 39.6 Å². The quantitative estimate of drug-likeness (QED) is 0.423. The number of thiophene rings is 1. The number of fused-ring (bicyclic) bond motifs is 1. The molecule has 3 aromatic rings. The molecule has 3 rings (SSSR count). The van der Waals surface area contributed by atoms with Gasteiger partial charge in [-0.05, 0) is 74.7 Å². The number of thiocarbonyl (C=S) groups is 1. The van der Waals surface area contributed by atoms with Gasteiger partial charge in [-0.3, -0.25) is 4.79 Å². The van der Waals surface area contributed by atoms with Crippen molar-refractivity contribution in [3.05, 3.63) is 68.1 Å². The summed E-state index contributed by atoms with van der Waals surface area (Å²) in [6, 6.07) is 12.2. The van der Waals surface area contributed by atoms with Crippen molar-refractivity contribution in [3.8, 4) is 0 Å². The summed E-state index contributed by atoms with van der Waals surface area (Å²) >= 11 is 7.38. The number of H-pyrrole nitrogens is 1. The normalized spacial score (nSPS) is 11.2. The molecule has 2 heterocycles. The van der Waals surface area contributed by atoms with Gasteiger partial charge in [-0.2, -0.15) is 0 Å². The Labute approximate surface area is 181 Å². The van der Waals surface area contributed by atoms with E-state index in [1.165, 1.54) is 4.88 Å². The summed E-state index contributed by atoms with van der Waals surface area (Å²) in [5.41, 5.74) is 2.63. The summed E-state index contributed by atoms with van der Waals surface area (Å²) in [6.07, 6.45) is 1.01. The maximum absolute atomic E-state index is 12.7. The molecule has 2 N–H and O–H groups in total. The minimum Gasteiger partial charge on any atom is -0.363 e. The van der Waals surface area contributed by atoms with Crippen LogP contribution in [-0.4, -0.2) is 47.1 Å². The standard InChI is InChI=1S/C22H28N4OS2/c1-16-7-4-8-17-13-18(21(27)24-20(16)17)14-26(15-19-9-5-12-29-19)22(28)23-10-6-11-25(2)3/h4-5,7-9,12-13H,6,10-11,14-15H2,1-3H3,(H,23,28)(H,24,27). The SMILES string of the molecule is Cc1cccc2cc(CN(Cc3cccs3)C(=S)NCCCN(C)C)c(=O)[nH]c12. The fraction of sp³-hybridized carbons (Fsp3) is 0.364. The number of rotatable bonds is 8. The molecule has 0 radical (unpaired) electrons. The molecule has 2 aromatic heterocycles. The van der Waals surface area contributed by atoms with Crippen LogP contribution in [0.4, 0.5) is 0 Å². The first-order valence-corrected chi connectivity index (χ1v) is 11.0. The number of hydrogen-bond acceptors (Lipinski definition) is 4. The predicted octanol–water partition coefficient (Wildman–Crippen LogP) is 3.73. The van der Waals surface area contributed by atoms with Gasteiger partial charge in [0, 0.05) is 17.0 Å². The van der Waals surface area contributed by atoms with Crippen molar-refractivity contribution in [2.45, 2.75) is 26.4 Å². The summed E-state index contributed by atoms with van der Waals surface area (Å²) in [5, 5.41) is 7.15. The Morgan fingerprint density at radius 1 is 1.21 bits per heavy atom. The lowest BCUT2D eigenvalue weighted by molar-refractivity contribution is 0.385. The van der Waals surface area contributed by atoms with E-state index in [9.17, 15) is 4.79 Å². The molecule has 0 bridgehead atoms. The van der Waals surface area contributed by atoms with Gasteiger partial charge < -0.3 is 20.1 Å². The summed E-state index contributed by atoms with van der Waals surface area (Å²) in [5.74, 6) is 0. The highest BCUT2D eigenvalue weighted by molar-refractivity contribution is 7.80. The van der Waals surface area contributed by atoms with Crippen molar-refractivity contribution in [1.29, 1.82) is 0 Å². The third-order valence-electron chi connectivity index (χ3n) is 4.80. The first kappa shape index (κ1) is 21.5. The second-order valence-corrected chi connectivity index (χ2v) is 8.91. The Bertz CT molecular complexity index is 1010. The van der Waals surface area contributed by atoms with Crippen molar-refractivity contribution in [2.75, 3.05) is 27.2 Å². The second-order valence-electron chi connectivity index (χ2n) is 7.49. The van der Waals surface area contributed by atoms with Gasteiger partial charge in [-0.25, -0.2) is 0 Å². The molecule has 0 unspecified atom stereocenters.